The number of aromatic amines is 1. The standard InChI is InChI=1S/C18H20N4OS/c1-13-11-20-18(24-13)22-8-6-21(7-9-22)17(23)10-14-12-19-16-5-3-2-4-15(14)16/h2-5,11-12,19H,6-10H2,1H3. The van der Waals surface area contributed by atoms with Crippen molar-refractivity contribution in [3.05, 3.63) is 47.1 Å². The summed E-state index contributed by atoms with van der Waals surface area (Å²) in [6, 6.07) is 8.12. The summed E-state index contributed by atoms with van der Waals surface area (Å²) < 4.78 is 0. The molecule has 0 saturated carbocycles. The lowest BCUT2D eigenvalue weighted by atomic mass is 10.1. The first-order valence-corrected chi connectivity index (χ1v) is 9.02. The van der Waals surface area contributed by atoms with Crippen molar-refractivity contribution in [3.63, 3.8) is 0 Å². The van der Waals surface area contributed by atoms with Crippen LogP contribution in [0.1, 0.15) is 10.4 Å². The van der Waals surface area contributed by atoms with E-state index in [1.807, 2.05) is 35.5 Å². The molecule has 0 unspecified atom stereocenters. The minimum absolute atomic E-state index is 0.203. The van der Waals surface area contributed by atoms with Crippen LogP contribution < -0.4 is 4.90 Å². The van der Waals surface area contributed by atoms with Crippen molar-refractivity contribution < 1.29 is 4.79 Å². The van der Waals surface area contributed by atoms with Gasteiger partial charge in [0.25, 0.3) is 0 Å². The van der Waals surface area contributed by atoms with E-state index in [1.54, 1.807) is 11.3 Å². The molecule has 1 aliphatic heterocycles. The molecule has 124 valence electrons. The molecule has 1 aromatic carbocycles. The summed E-state index contributed by atoms with van der Waals surface area (Å²) in [5, 5.41) is 2.21. The normalized spacial score (nSPS) is 15.2. The van der Waals surface area contributed by atoms with Gasteiger partial charge < -0.3 is 14.8 Å². The number of nitrogens with zero attached hydrogens (tertiary/aromatic N) is 3. The number of hydrogen-bond acceptors (Lipinski definition) is 4. The number of para-hydroxylation sites is 1. The topological polar surface area (TPSA) is 52.2 Å². The molecule has 2 aromatic heterocycles. The third kappa shape index (κ3) is 2.89. The molecular weight excluding hydrogens is 320 g/mol. The van der Waals surface area contributed by atoms with E-state index < -0.39 is 0 Å². The average molecular weight is 340 g/mol. The van der Waals surface area contributed by atoms with Crippen molar-refractivity contribution in [2.75, 3.05) is 31.1 Å². The van der Waals surface area contributed by atoms with Crippen LogP contribution in [0.4, 0.5) is 5.13 Å². The van der Waals surface area contributed by atoms with Gasteiger partial charge in [-0.2, -0.15) is 0 Å². The lowest BCUT2D eigenvalue weighted by Gasteiger charge is -2.34. The molecule has 3 heterocycles. The fourth-order valence-electron chi connectivity index (χ4n) is 3.19. The van der Waals surface area contributed by atoms with E-state index in [0.29, 0.717) is 6.42 Å². The molecule has 6 heteroatoms. The van der Waals surface area contributed by atoms with E-state index in [9.17, 15) is 4.79 Å². The van der Waals surface area contributed by atoms with Crippen LogP contribution in [0, 0.1) is 6.92 Å². The number of thiazole rings is 1. The predicted molar refractivity (Wildman–Crippen MR) is 97.6 cm³/mol. The van der Waals surface area contributed by atoms with Gasteiger partial charge in [0.05, 0.1) is 6.42 Å². The summed E-state index contributed by atoms with van der Waals surface area (Å²) in [6.07, 6.45) is 4.33. The van der Waals surface area contributed by atoms with Gasteiger partial charge in [-0.1, -0.05) is 18.2 Å². The van der Waals surface area contributed by atoms with E-state index in [-0.39, 0.29) is 5.91 Å². The van der Waals surface area contributed by atoms with Gasteiger partial charge in [-0.3, -0.25) is 4.79 Å². The Balaban J connectivity index is 1.39. The highest BCUT2D eigenvalue weighted by atomic mass is 32.1. The monoisotopic (exact) mass is 340 g/mol. The first kappa shape index (κ1) is 15.2. The Morgan fingerprint density at radius 1 is 1.25 bits per heavy atom. The number of rotatable bonds is 3. The molecule has 1 saturated heterocycles. The molecule has 3 aromatic rings. The maximum Gasteiger partial charge on any atom is 0.227 e. The van der Waals surface area contributed by atoms with Gasteiger partial charge in [0, 0.05) is 54.4 Å². The third-order valence-corrected chi connectivity index (χ3v) is 5.50. The van der Waals surface area contributed by atoms with E-state index in [1.165, 1.54) is 4.88 Å². The predicted octanol–water partition coefficient (Wildman–Crippen LogP) is 2.82. The molecule has 5 nitrogen and oxygen atoms in total. The van der Waals surface area contributed by atoms with Crippen LogP contribution in [0.3, 0.4) is 0 Å². The zero-order chi connectivity index (χ0) is 16.5. The number of amides is 1. The summed E-state index contributed by atoms with van der Waals surface area (Å²) in [4.78, 5) is 25.8. The first-order chi connectivity index (χ1) is 11.7. The number of carbonyl (C=O) groups excluding carboxylic acids is 1. The second-order valence-electron chi connectivity index (χ2n) is 6.16. The Morgan fingerprint density at radius 3 is 2.79 bits per heavy atom. The lowest BCUT2D eigenvalue weighted by Crippen LogP contribution is -2.49. The number of hydrogen-bond donors (Lipinski definition) is 1. The number of nitrogens with one attached hydrogen (secondary N) is 1. The van der Waals surface area contributed by atoms with E-state index in [4.69, 9.17) is 0 Å². The van der Waals surface area contributed by atoms with Gasteiger partial charge in [0.15, 0.2) is 5.13 Å². The highest BCUT2D eigenvalue weighted by Gasteiger charge is 2.23. The number of aryl methyl sites for hydroxylation is 1. The largest absolute Gasteiger partial charge is 0.361 e. The summed E-state index contributed by atoms with van der Waals surface area (Å²) in [6.45, 7) is 5.31. The number of piperazine rings is 1. The molecule has 24 heavy (non-hydrogen) atoms. The van der Waals surface area contributed by atoms with Crippen LogP contribution in [0.5, 0.6) is 0 Å². The smallest absolute Gasteiger partial charge is 0.227 e. The van der Waals surface area contributed by atoms with Gasteiger partial charge >= 0.3 is 0 Å². The van der Waals surface area contributed by atoms with Gasteiger partial charge in [0.2, 0.25) is 5.91 Å². The second-order valence-corrected chi connectivity index (χ2v) is 7.37. The maximum atomic E-state index is 12.6. The Bertz CT molecular complexity index is 861. The van der Waals surface area contributed by atoms with E-state index in [0.717, 1.165) is 47.8 Å². The number of H-pyrrole nitrogens is 1. The summed E-state index contributed by atoms with van der Waals surface area (Å²) in [7, 11) is 0. The van der Waals surface area contributed by atoms with Crippen LogP contribution in [0.25, 0.3) is 10.9 Å². The number of aromatic nitrogens is 2. The van der Waals surface area contributed by atoms with E-state index in [2.05, 4.69) is 27.9 Å². The number of benzene rings is 1. The molecular formula is C18H20N4OS. The van der Waals surface area contributed by atoms with Gasteiger partial charge in [-0.15, -0.1) is 11.3 Å². The van der Waals surface area contributed by atoms with Gasteiger partial charge in [0.1, 0.15) is 0 Å². The number of fused-ring (bicyclic) bond motifs is 1. The zero-order valence-electron chi connectivity index (χ0n) is 13.7. The highest BCUT2D eigenvalue weighted by molar-refractivity contribution is 7.15. The van der Waals surface area contributed by atoms with Crippen molar-refractivity contribution in [1.29, 1.82) is 0 Å². The van der Waals surface area contributed by atoms with Crippen molar-refractivity contribution in [3.8, 4) is 0 Å². The van der Waals surface area contributed by atoms with Crippen molar-refractivity contribution in [1.82, 2.24) is 14.9 Å². The van der Waals surface area contributed by atoms with Gasteiger partial charge in [-0.05, 0) is 18.6 Å². The zero-order valence-corrected chi connectivity index (χ0v) is 14.5. The molecule has 0 bridgehead atoms. The number of anilines is 1. The average Bonchev–Trinajstić information content (AvgIpc) is 3.22. The SMILES string of the molecule is Cc1cnc(N2CCN(C(=O)Cc3c[nH]c4ccccc34)CC2)s1. The van der Waals surface area contributed by atoms with Crippen molar-refractivity contribution in [2.24, 2.45) is 0 Å². The highest BCUT2D eigenvalue weighted by Crippen LogP contribution is 2.23. The van der Waals surface area contributed by atoms with Crippen molar-refractivity contribution in [2.45, 2.75) is 13.3 Å². The molecule has 4 rings (SSSR count). The molecule has 1 N–H and O–H groups in total. The van der Waals surface area contributed by atoms with Crippen LogP contribution in [-0.2, 0) is 11.2 Å². The third-order valence-electron chi connectivity index (χ3n) is 4.53. The quantitative estimate of drug-likeness (QED) is 0.798. The van der Waals surface area contributed by atoms with E-state index >= 15 is 0 Å². The summed E-state index contributed by atoms with van der Waals surface area (Å²) in [5.41, 5.74) is 2.16. The Hall–Kier alpha value is -2.34. The molecule has 0 spiro atoms. The fourth-order valence-corrected chi connectivity index (χ4v) is 4.00. The Kier molecular flexibility index (Phi) is 3.98. The second kappa shape index (κ2) is 6.28. The van der Waals surface area contributed by atoms with Crippen LogP contribution >= 0.6 is 11.3 Å². The molecule has 1 aliphatic rings. The summed E-state index contributed by atoms with van der Waals surface area (Å²) >= 11 is 1.72. The molecule has 0 aliphatic carbocycles. The molecule has 1 amide bonds. The Morgan fingerprint density at radius 2 is 2.04 bits per heavy atom. The molecule has 1 fully saturated rings. The Labute approximate surface area is 144 Å². The van der Waals surface area contributed by atoms with Crippen LogP contribution in [-0.4, -0.2) is 47.0 Å². The summed E-state index contributed by atoms with van der Waals surface area (Å²) in [5.74, 6) is 0.203. The van der Waals surface area contributed by atoms with Crippen molar-refractivity contribution >= 4 is 33.3 Å². The van der Waals surface area contributed by atoms with Crippen LogP contribution in [0.2, 0.25) is 0 Å². The maximum absolute atomic E-state index is 12.6. The lowest BCUT2D eigenvalue weighted by molar-refractivity contribution is -0.130. The fraction of sp³-hybridized carbons (Fsp3) is 0.333. The minimum atomic E-state index is 0.203. The van der Waals surface area contributed by atoms with Gasteiger partial charge in [-0.25, -0.2) is 4.98 Å². The molecule has 0 atom stereocenters. The number of carbonyl (C=O) groups is 1. The minimum Gasteiger partial charge on any atom is -0.361 e. The van der Waals surface area contributed by atoms with Crippen LogP contribution in [0.15, 0.2) is 36.7 Å². The molecule has 0 radical (unpaired) electrons. The first-order valence-electron chi connectivity index (χ1n) is 8.21.